The molecule has 1 fully saturated rings. The van der Waals surface area contributed by atoms with Crippen molar-refractivity contribution in [3.63, 3.8) is 0 Å². The van der Waals surface area contributed by atoms with Gasteiger partial charge in [0.1, 0.15) is 0 Å². The molecule has 2 N–H and O–H groups in total. The molecule has 0 atom stereocenters. The number of ether oxygens (including phenoxy) is 1. The van der Waals surface area contributed by atoms with Crippen LogP contribution in [0.4, 0.5) is 0 Å². The summed E-state index contributed by atoms with van der Waals surface area (Å²) in [5.41, 5.74) is 0. The van der Waals surface area contributed by atoms with E-state index in [0.29, 0.717) is 0 Å². The van der Waals surface area contributed by atoms with Gasteiger partial charge in [0.15, 0.2) is 0 Å². The van der Waals surface area contributed by atoms with Gasteiger partial charge in [-0.05, 0) is 45.3 Å². The van der Waals surface area contributed by atoms with Gasteiger partial charge < -0.3 is 15.4 Å². The summed E-state index contributed by atoms with van der Waals surface area (Å²) in [6.45, 7) is 4.25. The molecule has 0 heterocycles. The lowest BCUT2D eigenvalue weighted by Crippen LogP contribution is -2.24. The molecule has 3 heteroatoms. The Kier molecular flexibility index (Phi) is 6.15. The third-order valence-electron chi connectivity index (χ3n) is 2.24. The monoisotopic (exact) mass is 186 g/mol. The summed E-state index contributed by atoms with van der Waals surface area (Å²) in [5, 5.41) is 6.89. The van der Waals surface area contributed by atoms with Crippen LogP contribution in [0.25, 0.3) is 0 Å². The second kappa shape index (κ2) is 7.30. The first-order valence-corrected chi connectivity index (χ1v) is 5.36. The molecular formula is C10H22N2O. The average molecular weight is 186 g/mol. The van der Waals surface area contributed by atoms with Crippen molar-refractivity contribution >= 4 is 0 Å². The zero-order valence-electron chi connectivity index (χ0n) is 8.64. The Morgan fingerprint density at radius 1 is 1.15 bits per heavy atom. The lowest BCUT2D eigenvalue weighted by atomic mass is 10.4. The topological polar surface area (TPSA) is 33.3 Å². The van der Waals surface area contributed by atoms with Gasteiger partial charge in [-0.1, -0.05) is 0 Å². The number of methoxy groups -OCH3 is 1. The third kappa shape index (κ3) is 6.99. The smallest absolute Gasteiger partial charge is 0.0474 e. The van der Waals surface area contributed by atoms with E-state index in [4.69, 9.17) is 4.74 Å². The maximum atomic E-state index is 4.96. The molecule has 0 aromatic rings. The van der Waals surface area contributed by atoms with E-state index in [1.807, 2.05) is 0 Å². The Labute approximate surface area is 81.2 Å². The van der Waals surface area contributed by atoms with Crippen molar-refractivity contribution in [3.8, 4) is 0 Å². The molecule has 0 bridgehead atoms. The largest absolute Gasteiger partial charge is 0.385 e. The van der Waals surface area contributed by atoms with Gasteiger partial charge >= 0.3 is 0 Å². The van der Waals surface area contributed by atoms with E-state index >= 15 is 0 Å². The molecule has 1 saturated carbocycles. The molecule has 0 aromatic heterocycles. The van der Waals surface area contributed by atoms with Crippen molar-refractivity contribution in [1.82, 2.24) is 10.6 Å². The van der Waals surface area contributed by atoms with Crippen LogP contribution in [0.1, 0.15) is 25.7 Å². The molecule has 0 aliphatic heterocycles. The molecule has 1 rings (SSSR count). The van der Waals surface area contributed by atoms with Crippen molar-refractivity contribution in [3.05, 3.63) is 0 Å². The molecule has 1 aliphatic rings. The SMILES string of the molecule is COCCCNCCCNC1CC1. The van der Waals surface area contributed by atoms with Crippen LogP contribution in [-0.4, -0.2) is 39.4 Å². The summed E-state index contributed by atoms with van der Waals surface area (Å²) in [6, 6.07) is 0.855. The van der Waals surface area contributed by atoms with E-state index in [-0.39, 0.29) is 0 Å². The minimum atomic E-state index is 0.855. The normalized spacial score (nSPS) is 16.4. The van der Waals surface area contributed by atoms with E-state index in [1.165, 1.54) is 25.8 Å². The minimum absolute atomic E-state index is 0.855. The van der Waals surface area contributed by atoms with Crippen molar-refractivity contribution in [2.24, 2.45) is 0 Å². The van der Waals surface area contributed by atoms with Crippen LogP contribution in [0.5, 0.6) is 0 Å². The van der Waals surface area contributed by atoms with Gasteiger partial charge in [-0.2, -0.15) is 0 Å². The molecule has 0 amide bonds. The van der Waals surface area contributed by atoms with Crippen LogP contribution in [0.3, 0.4) is 0 Å². The molecule has 3 nitrogen and oxygen atoms in total. The van der Waals surface area contributed by atoms with Crippen molar-refractivity contribution < 1.29 is 4.74 Å². The molecule has 0 aromatic carbocycles. The number of hydrogen-bond donors (Lipinski definition) is 2. The van der Waals surface area contributed by atoms with Gasteiger partial charge in [0, 0.05) is 19.8 Å². The second-order valence-corrected chi connectivity index (χ2v) is 3.68. The highest BCUT2D eigenvalue weighted by atomic mass is 16.5. The molecule has 1 aliphatic carbocycles. The van der Waals surface area contributed by atoms with Gasteiger partial charge in [-0.25, -0.2) is 0 Å². The minimum Gasteiger partial charge on any atom is -0.385 e. The maximum absolute atomic E-state index is 4.96. The standard InChI is InChI=1S/C10H22N2O/c1-13-9-3-7-11-6-2-8-12-10-4-5-10/h10-12H,2-9H2,1H3. The molecule has 78 valence electrons. The molecule has 0 saturated heterocycles. The van der Waals surface area contributed by atoms with Gasteiger partial charge in [0.2, 0.25) is 0 Å². The van der Waals surface area contributed by atoms with Gasteiger partial charge in [-0.15, -0.1) is 0 Å². The summed E-state index contributed by atoms with van der Waals surface area (Å²) in [4.78, 5) is 0. The Balaban J connectivity index is 1.63. The highest BCUT2D eigenvalue weighted by molar-refractivity contribution is 4.80. The fourth-order valence-corrected chi connectivity index (χ4v) is 1.27. The van der Waals surface area contributed by atoms with Crippen LogP contribution in [-0.2, 0) is 4.74 Å². The lowest BCUT2D eigenvalue weighted by molar-refractivity contribution is 0.194. The van der Waals surface area contributed by atoms with E-state index in [0.717, 1.165) is 32.2 Å². The summed E-state index contributed by atoms with van der Waals surface area (Å²) in [7, 11) is 1.75. The average Bonchev–Trinajstić information content (AvgIpc) is 2.93. The Hall–Kier alpha value is -0.120. The quantitative estimate of drug-likeness (QED) is 0.521. The summed E-state index contributed by atoms with van der Waals surface area (Å²) < 4.78 is 4.96. The van der Waals surface area contributed by atoms with Gasteiger partial charge in [-0.3, -0.25) is 0 Å². The fraction of sp³-hybridized carbons (Fsp3) is 1.00. The zero-order chi connectivity index (χ0) is 9.36. The molecule has 0 unspecified atom stereocenters. The molecule has 13 heavy (non-hydrogen) atoms. The van der Waals surface area contributed by atoms with Crippen molar-refractivity contribution in [1.29, 1.82) is 0 Å². The second-order valence-electron chi connectivity index (χ2n) is 3.68. The Morgan fingerprint density at radius 2 is 1.92 bits per heavy atom. The maximum Gasteiger partial charge on any atom is 0.0474 e. The van der Waals surface area contributed by atoms with Crippen molar-refractivity contribution in [2.45, 2.75) is 31.7 Å². The summed E-state index contributed by atoms with van der Waals surface area (Å²) in [6.07, 6.45) is 5.14. The fourth-order valence-electron chi connectivity index (χ4n) is 1.27. The number of hydrogen-bond acceptors (Lipinski definition) is 3. The molecule has 0 spiro atoms. The molecular weight excluding hydrogens is 164 g/mol. The lowest BCUT2D eigenvalue weighted by Gasteiger charge is -2.04. The van der Waals surface area contributed by atoms with Gasteiger partial charge in [0.05, 0.1) is 0 Å². The summed E-state index contributed by atoms with van der Waals surface area (Å²) in [5.74, 6) is 0. The highest BCUT2D eigenvalue weighted by Gasteiger charge is 2.19. The highest BCUT2D eigenvalue weighted by Crippen LogP contribution is 2.18. The van der Waals surface area contributed by atoms with Crippen LogP contribution in [0.2, 0.25) is 0 Å². The van der Waals surface area contributed by atoms with E-state index in [9.17, 15) is 0 Å². The Bertz CT molecular complexity index is 115. The van der Waals surface area contributed by atoms with Crippen molar-refractivity contribution in [2.75, 3.05) is 33.4 Å². The van der Waals surface area contributed by atoms with Crippen LogP contribution < -0.4 is 10.6 Å². The third-order valence-corrected chi connectivity index (χ3v) is 2.24. The first kappa shape index (κ1) is 11.0. The van der Waals surface area contributed by atoms with Crippen LogP contribution in [0, 0.1) is 0 Å². The number of nitrogens with one attached hydrogen (secondary N) is 2. The predicted molar refractivity (Wildman–Crippen MR) is 55.0 cm³/mol. The number of rotatable bonds is 9. The first-order valence-electron chi connectivity index (χ1n) is 5.36. The van der Waals surface area contributed by atoms with Gasteiger partial charge in [0.25, 0.3) is 0 Å². The Morgan fingerprint density at radius 3 is 2.62 bits per heavy atom. The molecule has 0 radical (unpaired) electrons. The summed E-state index contributed by atoms with van der Waals surface area (Å²) >= 11 is 0. The zero-order valence-corrected chi connectivity index (χ0v) is 8.64. The van der Waals surface area contributed by atoms with E-state index in [1.54, 1.807) is 7.11 Å². The predicted octanol–water partition coefficient (Wildman–Crippen LogP) is 0.755. The van der Waals surface area contributed by atoms with E-state index < -0.39 is 0 Å². The van der Waals surface area contributed by atoms with Crippen LogP contribution >= 0.6 is 0 Å². The van der Waals surface area contributed by atoms with Crippen LogP contribution in [0.15, 0.2) is 0 Å². The van der Waals surface area contributed by atoms with E-state index in [2.05, 4.69) is 10.6 Å². The first-order chi connectivity index (χ1) is 6.43.